The highest BCUT2D eigenvalue weighted by molar-refractivity contribution is 9.10. The van der Waals surface area contributed by atoms with Crippen molar-refractivity contribution in [1.29, 1.82) is 5.41 Å². The molecule has 0 fully saturated rings. The van der Waals surface area contributed by atoms with Gasteiger partial charge in [-0.1, -0.05) is 22.0 Å². The fraction of sp³-hybridized carbons (Fsp3) is 0.154. The number of carbonyl (C=O) groups excluding carboxylic acids is 1. The van der Waals surface area contributed by atoms with Gasteiger partial charge in [-0.05, 0) is 42.0 Å². The molecule has 4 rings (SSSR count). The van der Waals surface area contributed by atoms with E-state index in [1.807, 2.05) is 0 Å². The van der Waals surface area contributed by atoms with Crippen LogP contribution >= 0.6 is 15.9 Å². The van der Waals surface area contributed by atoms with Crippen molar-refractivity contribution in [1.82, 2.24) is 9.88 Å². The molecule has 0 aliphatic rings. The summed E-state index contributed by atoms with van der Waals surface area (Å²) in [4.78, 5) is 12.0. The summed E-state index contributed by atoms with van der Waals surface area (Å²) in [6.07, 6.45) is -3.13. The molecule has 1 unspecified atom stereocenters. The fourth-order valence-corrected chi connectivity index (χ4v) is 4.53. The van der Waals surface area contributed by atoms with Gasteiger partial charge in [-0.25, -0.2) is 4.39 Å². The van der Waals surface area contributed by atoms with E-state index in [0.29, 0.717) is 21.4 Å². The van der Waals surface area contributed by atoms with Crippen LogP contribution in [0.5, 0.6) is 0 Å². The van der Waals surface area contributed by atoms with Gasteiger partial charge in [-0.3, -0.25) is 10.1 Å². The molecule has 1 atom stereocenters. The van der Waals surface area contributed by atoms with E-state index in [-0.39, 0.29) is 17.5 Å². The van der Waals surface area contributed by atoms with Crippen LogP contribution in [0.2, 0.25) is 0 Å². The lowest BCUT2D eigenvalue weighted by atomic mass is 9.84. The number of carbonyl (C=O) groups is 1. The van der Waals surface area contributed by atoms with E-state index in [2.05, 4.69) is 21.2 Å². The minimum absolute atomic E-state index is 0.116. The van der Waals surface area contributed by atoms with Crippen LogP contribution in [-0.2, 0) is 16.9 Å². The summed E-state index contributed by atoms with van der Waals surface area (Å²) < 4.78 is 59.3. The number of nitrogens with two attached hydrogens (primary N) is 1. The van der Waals surface area contributed by atoms with Gasteiger partial charge >= 0.3 is 6.18 Å². The molecule has 3 aromatic carbocycles. The average molecular weight is 578 g/mol. The summed E-state index contributed by atoms with van der Waals surface area (Å²) in [5.41, 5.74) is -2.93. The molecule has 0 aliphatic heterocycles. The van der Waals surface area contributed by atoms with E-state index in [9.17, 15) is 27.5 Å². The molecule has 11 heteroatoms. The van der Waals surface area contributed by atoms with Gasteiger partial charge in [0.05, 0.1) is 11.1 Å². The molecular formula is C26H22BrF4N4O2+. The smallest absolute Gasteiger partial charge is 0.372 e. The van der Waals surface area contributed by atoms with Crippen molar-refractivity contribution in [2.45, 2.75) is 18.3 Å². The summed E-state index contributed by atoms with van der Waals surface area (Å²) in [5, 5.41) is 23.4. The number of aliphatic hydroxyl groups is 1. The minimum atomic E-state index is -5.15. The summed E-state index contributed by atoms with van der Waals surface area (Å²) >= 11 is 3.30. The second-order valence-corrected chi connectivity index (χ2v) is 9.31. The van der Waals surface area contributed by atoms with Crippen molar-refractivity contribution >= 4 is 50.3 Å². The molecule has 0 bridgehead atoms. The Morgan fingerprint density at radius 1 is 1.14 bits per heavy atom. The molecule has 0 saturated carbocycles. The zero-order valence-electron chi connectivity index (χ0n) is 19.4. The molecule has 0 spiro atoms. The number of nitrogens with one attached hydrogen (secondary N) is 2. The molecule has 4 aromatic rings. The quantitative estimate of drug-likeness (QED) is 0.147. The van der Waals surface area contributed by atoms with Crippen LogP contribution in [0.25, 0.3) is 10.9 Å². The van der Waals surface area contributed by atoms with Gasteiger partial charge in [0, 0.05) is 53.1 Å². The third-order valence-corrected chi connectivity index (χ3v) is 6.58. The summed E-state index contributed by atoms with van der Waals surface area (Å²) in [7, 11) is 1.42. The van der Waals surface area contributed by atoms with E-state index in [1.165, 1.54) is 48.0 Å². The molecule has 1 heterocycles. The predicted molar refractivity (Wildman–Crippen MR) is 135 cm³/mol. The Kier molecular flexibility index (Phi) is 7.22. The van der Waals surface area contributed by atoms with Crippen LogP contribution < -0.4 is 10.6 Å². The number of amides is 1. The Bertz CT molecular complexity index is 1480. The van der Waals surface area contributed by atoms with E-state index >= 15 is 0 Å². The Labute approximate surface area is 217 Å². The van der Waals surface area contributed by atoms with Crippen molar-refractivity contribution in [3.8, 4) is 0 Å². The molecular weight excluding hydrogens is 556 g/mol. The minimum Gasteiger partial charge on any atom is -0.372 e. The molecule has 37 heavy (non-hydrogen) atoms. The number of hydrogen-bond acceptors (Lipinski definition) is 3. The topological polar surface area (TPSA) is 94.7 Å². The maximum Gasteiger partial charge on any atom is 0.425 e. The molecule has 5 N–H and O–H groups in total. The third kappa shape index (κ3) is 5.02. The number of rotatable bonds is 7. The van der Waals surface area contributed by atoms with Crippen molar-refractivity contribution in [3.05, 3.63) is 93.8 Å². The normalized spacial score (nSPS) is 13.4. The lowest BCUT2D eigenvalue weighted by Crippen LogP contribution is -2.71. The Hall–Kier alpha value is -3.54. The number of benzene rings is 3. The van der Waals surface area contributed by atoms with Crippen LogP contribution in [0, 0.1) is 11.2 Å². The Balaban J connectivity index is 1.88. The average Bonchev–Trinajstić information content (AvgIpc) is 3.21. The number of nitrogens with zero attached hydrogens (tertiary/aromatic N) is 1. The van der Waals surface area contributed by atoms with Gasteiger partial charge in [-0.2, -0.15) is 13.2 Å². The van der Waals surface area contributed by atoms with Gasteiger partial charge in [-0.15, -0.1) is 0 Å². The zero-order valence-corrected chi connectivity index (χ0v) is 21.0. The van der Waals surface area contributed by atoms with Gasteiger partial charge in [0.2, 0.25) is 11.5 Å². The zero-order chi connectivity index (χ0) is 27.0. The maximum absolute atomic E-state index is 14.7. The van der Waals surface area contributed by atoms with E-state index in [0.717, 1.165) is 24.5 Å². The molecule has 6 nitrogen and oxygen atoms in total. The highest BCUT2D eigenvalue weighted by Gasteiger charge is 2.57. The van der Waals surface area contributed by atoms with Crippen LogP contribution in [0.3, 0.4) is 0 Å². The molecule has 0 radical (unpaired) electrons. The van der Waals surface area contributed by atoms with Gasteiger partial charge in [0.15, 0.2) is 0 Å². The van der Waals surface area contributed by atoms with Crippen LogP contribution in [-0.4, -0.2) is 35.0 Å². The van der Waals surface area contributed by atoms with Crippen molar-refractivity contribution in [2.75, 3.05) is 7.05 Å². The highest BCUT2D eigenvalue weighted by atomic mass is 79.9. The molecule has 1 amide bonds. The van der Waals surface area contributed by atoms with Crippen LogP contribution in [0.4, 0.5) is 28.9 Å². The first-order valence-corrected chi connectivity index (χ1v) is 11.8. The van der Waals surface area contributed by atoms with Crippen molar-refractivity contribution in [2.24, 2.45) is 0 Å². The first kappa shape index (κ1) is 26.5. The number of halogens is 5. The molecule has 1 aromatic heterocycles. The monoisotopic (exact) mass is 577 g/mol. The highest BCUT2D eigenvalue weighted by Crippen LogP contribution is 2.47. The predicted octanol–water partition coefficient (Wildman–Crippen LogP) is 4.61. The number of aromatic nitrogens is 1. The standard InChI is InChI=1S/C26H21BrF4N4O2/c1-33-24(36)14-35-13-21(20-8-3-17(27)11-23(20)35)25(37,26(29,30)31)16-2-9-22(15(10-16)12-32)34-19-6-4-18(28)5-7-19/h2-13,32,34,37H,14H2,1H3,(H,33,36)/p+1. The molecule has 0 aliphatic carbocycles. The summed E-state index contributed by atoms with van der Waals surface area (Å²) in [6, 6.07) is 13.7. The maximum atomic E-state index is 14.7. The number of fused-ring (bicyclic) bond motifs is 1. The summed E-state index contributed by atoms with van der Waals surface area (Å²) in [5.74, 6) is -0.858. The second kappa shape index (κ2) is 10.1. The van der Waals surface area contributed by atoms with Crippen molar-refractivity contribution < 1.29 is 32.8 Å². The lowest BCUT2D eigenvalue weighted by Gasteiger charge is -2.31. The molecule has 0 saturated heterocycles. The van der Waals surface area contributed by atoms with Gasteiger partial charge < -0.3 is 20.4 Å². The number of hydrogen-bond donors (Lipinski definition) is 4. The fourth-order valence-electron chi connectivity index (χ4n) is 4.18. The van der Waals surface area contributed by atoms with Crippen LogP contribution in [0.1, 0.15) is 16.7 Å². The van der Waals surface area contributed by atoms with Gasteiger partial charge in [0.25, 0.3) is 0 Å². The largest absolute Gasteiger partial charge is 0.425 e. The van der Waals surface area contributed by atoms with E-state index in [4.69, 9.17) is 5.41 Å². The number of alkyl halides is 3. The lowest BCUT2D eigenvalue weighted by molar-refractivity contribution is -0.478. The Morgan fingerprint density at radius 2 is 1.84 bits per heavy atom. The molecule has 192 valence electrons. The SMILES string of the molecule is CNC(=O)Cn1cc(C(O)(c2ccc([NH2+]c3ccc(F)cc3)c(C=N)c2)C(F)(F)F)c2ccc(Br)cc21. The van der Waals surface area contributed by atoms with Crippen molar-refractivity contribution in [3.63, 3.8) is 0 Å². The third-order valence-electron chi connectivity index (χ3n) is 6.09. The van der Waals surface area contributed by atoms with E-state index in [1.54, 1.807) is 17.4 Å². The van der Waals surface area contributed by atoms with E-state index < -0.39 is 34.6 Å². The number of likely N-dealkylation sites (N-methyl/N-ethyl adjacent to an activating group) is 1. The second-order valence-electron chi connectivity index (χ2n) is 8.40. The van der Waals surface area contributed by atoms with Gasteiger partial charge in [0.1, 0.15) is 23.7 Å². The summed E-state index contributed by atoms with van der Waals surface area (Å²) in [6.45, 7) is -0.255. The Morgan fingerprint density at radius 3 is 2.46 bits per heavy atom. The van der Waals surface area contributed by atoms with Crippen LogP contribution in [0.15, 0.2) is 71.3 Å². The first-order valence-electron chi connectivity index (χ1n) is 11.0. The first-order chi connectivity index (χ1) is 17.5. The number of quaternary nitrogens is 1.